The third-order valence-electron chi connectivity index (χ3n) is 1.92. The molecule has 8 heteroatoms. The van der Waals surface area contributed by atoms with E-state index in [1.165, 1.54) is 12.1 Å². The van der Waals surface area contributed by atoms with E-state index in [9.17, 15) is 18.0 Å². The summed E-state index contributed by atoms with van der Waals surface area (Å²) in [6.45, 7) is -0.929. The van der Waals surface area contributed by atoms with E-state index in [4.69, 9.17) is 9.84 Å². The largest absolute Gasteiger partial charge is 0.488 e. The molecule has 0 saturated carbocycles. The third-order valence-corrected chi connectivity index (χ3v) is 3.10. The molecule has 0 aliphatic carbocycles. The average Bonchev–Trinajstić information content (AvgIpc) is 2.25. The summed E-state index contributed by atoms with van der Waals surface area (Å²) < 4.78 is 41.7. The molecule has 0 aliphatic rings. The van der Waals surface area contributed by atoms with Crippen molar-refractivity contribution >= 4 is 38.1 Å². The second-order valence-electron chi connectivity index (χ2n) is 3.30. The normalized spacial score (nSPS) is 13.2. The Labute approximate surface area is 117 Å². The molecule has 100 valence electrons. The Morgan fingerprint density at radius 1 is 1.33 bits per heavy atom. The van der Waals surface area contributed by atoms with Crippen molar-refractivity contribution in [2.45, 2.75) is 12.3 Å². The van der Waals surface area contributed by atoms with Gasteiger partial charge in [0.2, 0.25) is 0 Å². The van der Waals surface area contributed by atoms with Gasteiger partial charge in [-0.2, -0.15) is 13.2 Å². The monoisotopic (exact) mass is 390 g/mol. The number of aliphatic hydroxyl groups is 1. The lowest BCUT2D eigenvalue weighted by Crippen LogP contribution is -2.34. The highest BCUT2D eigenvalue weighted by Crippen LogP contribution is 2.35. The minimum absolute atomic E-state index is 0.0869. The number of rotatable bonds is 4. The van der Waals surface area contributed by atoms with Crippen LogP contribution in [0.5, 0.6) is 5.75 Å². The van der Waals surface area contributed by atoms with Gasteiger partial charge in [-0.1, -0.05) is 0 Å². The molecule has 0 aliphatic heterocycles. The first-order valence-corrected chi connectivity index (χ1v) is 6.16. The van der Waals surface area contributed by atoms with Crippen LogP contribution in [0.3, 0.4) is 0 Å². The predicted molar refractivity (Wildman–Crippen MR) is 64.8 cm³/mol. The number of aliphatic hydroxyl groups excluding tert-OH is 1. The molecule has 1 atom stereocenters. The summed E-state index contributed by atoms with van der Waals surface area (Å²) in [5, 5.41) is 8.79. The van der Waals surface area contributed by atoms with Crippen LogP contribution in [0.4, 0.5) is 13.2 Å². The topological polar surface area (TPSA) is 46.5 Å². The van der Waals surface area contributed by atoms with Crippen LogP contribution < -0.4 is 4.74 Å². The van der Waals surface area contributed by atoms with E-state index in [2.05, 4.69) is 31.9 Å². The number of aldehydes is 1. The Hall–Kier alpha value is -0.600. The van der Waals surface area contributed by atoms with Gasteiger partial charge in [0.1, 0.15) is 18.6 Å². The van der Waals surface area contributed by atoms with Gasteiger partial charge < -0.3 is 9.84 Å². The van der Waals surface area contributed by atoms with E-state index in [1.807, 2.05) is 0 Å². The van der Waals surface area contributed by atoms with Crippen molar-refractivity contribution in [1.29, 1.82) is 0 Å². The minimum atomic E-state index is -4.73. The number of benzene rings is 1. The van der Waals surface area contributed by atoms with Crippen molar-refractivity contribution in [3.05, 3.63) is 26.6 Å². The number of halogens is 5. The summed E-state index contributed by atoms with van der Waals surface area (Å²) in [7, 11) is 0. The van der Waals surface area contributed by atoms with E-state index < -0.39 is 18.9 Å². The molecule has 0 saturated heterocycles. The molecule has 1 aromatic rings. The van der Waals surface area contributed by atoms with E-state index in [1.54, 1.807) is 0 Å². The van der Waals surface area contributed by atoms with Gasteiger partial charge in [0.15, 0.2) is 6.10 Å². The van der Waals surface area contributed by atoms with Crippen LogP contribution in [0, 0.1) is 0 Å². The lowest BCUT2D eigenvalue weighted by atomic mass is 10.2. The van der Waals surface area contributed by atoms with E-state index in [0.29, 0.717) is 20.8 Å². The van der Waals surface area contributed by atoms with E-state index in [0.717, 1.165) is 0 Å². The van der Waals surface area contributed by atoms with Crippen LogP contribution in [-0.4, -0.2) is 30.3 Å². The maximum absolute atomic E-state index is 12.1. The average molecular weight is 392 g/mol. The Morgan fingerprint density at radius 2 is 1.83 bits per heavy atom. The van der Waals surface area contributed by atoms with E-state index in [-0.39, 0.29) is 5.75 Å². The van der Waals surface area contributed by atoms with Gasteiger partial charge in [-0.05, 0) is 44.0 Å². The van der Waals surface area contributed by atoms with E-state index >= 15 is 0 Å². The number of carbonyl (C=O) groups excluding carboxylic acids is 1. The molecule has 3 nitrogen and oxygen atoms in total. The van der Waals surface area contributed by atoms with Gasteiger partial charge in [-0.15, -0.1) is 0 Å². The standard InChI is InChI=1S/C10H7Br2F3O3/c11-6-1-5(3-16)2-7(12)9(6)18-4-8(17)10(13,14)15/h1-3,8,17H,4H2. The molecule has 0 radical (unpaired) electrons. The van der Waals surface area contributed by atoms with Crippen LogP contribution in [0.15, 0.2) is 21.1 Å². The van der Waals surface area contributed by atoms with Crippen molar-refractivity contribution in [3.8, 4) is 5.75 Å². The number of hydrogen-bond donors (Lipinski definition) is 1. The second kappa shape index (κ2) is 6.03. The molecule has 1 rings (SSSR count). The maximum atomic E-state index is 12.1. The molecular formula is C10H7Br2F3O3. The molecule has 0 amide bonds. The summed E-state index contributed by atoms with van der Waals surface area (Å²) in [5.41, 5.74) is 0.331. The highest BCUT2D eigenvalue weighted by molar-refractivity contribution is 9.11. The molecule has 0 aromatic heterocycles. The van der Waals surface area contributed by atoms with Crippen LogP contribution in [-0.2, 0) is 0 Å². The van der Waals surface area contributed by atoms with Gasteiger partial charge in [-0.25, -0.2) is 0 Å². The Kier molecular flexibility index (Phi) is 5.18. The highest BCUT2D eigenvalue weighted by Gasteiger charge is 2.38. The van der Waals surface area contributed by atoms with Gasteiger partial charge >= 0.3 is 6.18 Å². The maximum Gasteiger partial charge on any atom is 0.417 e. The number of alkyl halides is 3. The second-order valence-corrected chi connectivity index (χ2v) is 5.01. The fourth-order valence-electron chi connectivity index (χ4n) is 1.04. The van der Waals surface area contributed by atoms with Crippen molar-refractivity contribution in [2.75, 3.05) is 6.61 Å². The smallest absolute Gasteiger partial charge is 0.417 e. The zero-order valence-electron chi connectivity index (χ0n) is 8.67. The number of carbonyl (C=O) groups is 1. The first-order valence-electron chi connectivity index (χ1n) is 4.57. The predicted octanol–water partition coefficient (Wildman–Crippen LogP) is 3.33. The van der Waals surface area contributed by atoms with Crippen molar-refractivity contribution < 1.29 is 27.8 Å². The summed E-state index contributed by atoms with van der Waals surface area (Å²) in [5.74, 6) is 0.0869. The zero-order chi connectivity index (χ0) is 13.9. The van der Waals surface area contributed by atoms with Crippen LogP contribution in [0.2, 0.25) is 0 Å². The quantitative estimate of drug-likeness (QED) is 0.801. The van der Waals surface area contributed by atoms with Gasteiger partial charge in [0, 0.05) is 5.56 Å². The molecule has 1 N–H and O–H groups in total. The summed E-state index contributed by atoms with van der Waals surface area (Å²) >= 11 is 6.13. The molecule has 0 spiro atoms. The van der Waals surface area contributed by atoms with Crippen LogP contribution >= 0.6 is 31.9 Å². The SMILES string of the molecule is O=Cc1cc(Br)c(OCC(O)C(F)(F)F)c(Br)c1. The van der Waals surface area contributed by atoms with Gasteiger partial charge in [0.05, 0.1) is 8.95 Å². The molecule has 0 heterocycles. The van der Waals surface area contributed by atoms with Gasteiger partial charge in [-0.3, -0.25) is 4.79 Å². The number of hydrogen-bond acceptors (Lipinski definition) is 3. The van der Waals surface area contributed by atoms with Crippen molar-refractivity contribution in [2.24, 2.45) is 0 Å². The van der Waals surface area contributed by atoms with Crippen molar-refractivity contribution in [1.82, 2.24) is 0 Å². The summed E-state index contributed by atoms with van der Waals surface area (Å²) in [6.07, 6.45) is -6.71. The highest BCUT2D eigenvalue weighted by atomic mass is 79.9. The summed E-state index contributed by atoms with van der Waals surface area (Å²) in [6, 6.07) is 2.79. The Morgan fingerprint density at radius 3 is 2.22 bits per heavy atom. The molecule has 0 bridgehead atoms. The third kappa shape index (κ3) is 3.96. The first kappa shape index (κ1) is 15.5. The fourth-order valence-corrected chi connectivity index (χ4v) is 2.49. The van der Waals surface area contributed by atoms with Crippen LogP contribution in [0.25, 0.3) is 0 Å². The van der Waals surface area contributed by atoms with Gasteiger partial charge in [0.25, 0.3) is 0 Å². The fraction of sp³-hybridized carbons (Fsp3) is 0.300. The Bertz CT molecular complexity index is 425. The molecule has 1 aromatic carbocycles. The van der Waals surface area contributed by atoms with Crippen LogP contribution in [0.1, 0.15) is 10.4 Å². The summed E-state index contributed by atoms with van der Waals surface area (Å²) in [4.78, 5) is 10.5. The van der Waals surface area contributed by atoms with Crippen molar-refractivity contribution in [3.63, 3.8) is 0 Å². The zero-order valence-corrected chi connectivity index (χ0v) is 11.8. The number of ether oxygens (including phenoxy) is 1. The minimum Gasteiger partial charge on any atom is -0.488 e. The Balaban J connectivity index is 2.83. The lowest BCUT2D eigenvalue weighted by Gasteiger charge is -2.16. The molecule has 18 heavy (non-hydrogen) atoms. The molecule has 0 fully saturated rings. The first-order chi connectivity index (χ1) is 8.25. The lowest BCUT2D eigenvalue weighted by molar-refractivity contribution is -0.210. The molecular weight excluding hydrogens is 385 g/mol. The molecule has 1 unspecified atom stereocenters.